The lowest BCUT2D eigenvalue weighted by molar-refractivity contribution is -0.141. The average molecular weight is 255 g/mol. The Balaban J connectivity index is 2.50. The van der Waals surface area contributed by atoms with Crippen LogP contribution in [0.4, 0.5) is 0 Å². The Morgan fingerprint density at radius 3 is 2.39 bits per heavy atom. The van der Waals surface area contributed by atoms with Gasteiger partial charge in [0.15, 0.2) is 0 Å². The number of carbonyl (C=O) groups is 1. The number of aliphatic carboxylic acids is 1. The first kappa shape index (κ1) is 15.5. The van der Waals surface area contributed by atoms with Crippen LogP contribution in [0.25, 0.3) is 0 Å². The second-order valence-corrected chi connectivity index (χ2v) is 5.84. The van der Waals surface area contributed by atoms with Crippen LogP contribution in [0, 0.1) is 0 Å². The minimum atomic E-state index is -0.641. The number of hydrogen-bond acceptors (Lipinski definition) is 2. The van der Waals surface area contributed by atoms with E-state index in [2.05, 4.69) is 18.9 Å². The molecule has 1 saturated carbocycles. The first-order valence-corrected chi connectivity index (χ1v) is 7.54. The van der Waals surface area contributed by atoms with Crippen LogP contribution in [0.2, 0.25) is 0 Å². The summed E-state index contributed by atoms with van der Waals surface area (Å²) in [5.41, 5.74) is -0.0592. The van der Waals surface area contributed by atoms with Gasteiger partial charge >= 0.3 is 5.97 Å². The van der Waals surface area contributed by atoms with Crippen molar-refractivity contribution >= 4 is 5.97 Å². The number of unbranched alkanes of at least 4 members (excludes halogenated alkanes) is 3. The van der Waals surface area contributed by atoms with Crippen molar-refractivity contribution in [1.82, 2.24) is 4.90 Å². The molecule has 1 aliphatic carbocycles. The van der Waals surface area contributed by atoms with Crippen molar-refractivity contribution in [2.45, 2.75) is 76.7 Å². The molecule has 0 heterocycles. The number of carboxylic acid groups (broad SMARTS) is 1. The summed E-state index contributed by atoms with van der Waals surface area (Å²) in [6.07, 6.45) is 11.1. The van der Waals surface area contributed by atoms with Crippen LogP contribution < -0.4 is 0 Å². The maximum absolute atomic E-state index is 11.1. The molecular weight excluding hydrogens is 226 g/mol. The molecule has 0 radical (unpaired) electrons. The first-order chi connectivity index (χ1) is 8.60. The second-order valence-electron chi connectivity index (χ2n) is 5.84. The number of nitrogens with zero attached hydrogens (tertiary/aromatic N) is 1. The zero-order valence-corrected chi connectivity index (χ0v) is 12.1. The predicted octanol–water partition coefficient (Wildman–Crippen LogP) is 3.68. The van der Waals surface area contributed by atoms with Crippen molar-refractivity contribution < 1.29 is 9.90 Å². The lowest BCUT2D eigenvalue weighted by atomic mass is 9.78. The number of hydrogen-bond donors (Lipinski definition) is 1. The van der Waals surface area contributed by atoms with Crippen molar-refractivity contribution in [1.29, 1.82) is 0 Å². The van der Waals surface area contributed by atoms with Crippen LogP contribution >= 0.6 is 0 Å². The van der Waals surface area contributed by atoms with E-state index in [1.54, 1.807) is 0 Å². The van der Waals surface area contributed by atoms with Gasteiger partial charge in [-0.3, -0.25) is 4.79 Å². The molecule has 18 heavy (non-hydrogen) atoms. The van der Waals surface area contributed by atoms with E-state index in [4.69, 9.17) is 5.11 Å². The molecule has 0 amide bonds. The minimum absolute atomic E-state index is 0.0592. The van der Waals surface area contributed by atoms with Crippen LogP contribution in [0.5, 0.6) is 0 Å². The molecule has 0 atom stereocenters. The molecule has 0 aliphatic heterocycles. The molecule has 3 heteroatoms. The Morgan fingerprint density at radius 1 is 1.17 bits per heavy atom. The normalized spacial score (nSPS) is 19.1. The van der Waals surface area contributed by atoms with E-state index in [9.17, 15) is 4.79 Å². The molecule has 3 nitrogen and oxygen atoms in total. The maximum atomic E-state index is 11.1. The highest BCUT2D eigenvalue weighted by Crippen LogP contribution is 2.36. The van der Waals surface area contributed by atoms with Gasteiger partial charge in [-0.15, -0.1) is 0 Å². The summed E-state index contributed by atoms with van der Waals surface area (Å²) in [5, 5.41) is 9.16. The van der Waals surface area contributed by atoms with Gasteiger partial charge in [-0.2, -0.15) is 0 Å². The fourth-order valence-corrected chi connectivity index (χ4v) is 3.20. The lowest BCUT2D eigenvalue weighted by Gasteiger charge is -2.44. The molecule has 1 rings (SSSR count). The molecule has 0 aromatic heterocycles. The zero-order chi connectivity index (χ0) is 13.4. The van der Waals surface area contributed by atoms with Gasteiger partial charge in [-0.1, -0.05) is 45.4 Å². The van der Waals surface area contributed by atoms with Crippen LogP contribution in [0.3, 0.4) is 0 Å². The third-order valence-electron chi connectivity index (χ3n) is 4.42. The van der Waals surface area contributed by atoms with E-state index in [0.29, 0.717) is 6.42 Å². The smallest absolute Gasteiger partial charge is 0.305 e. The molecule has 0 aromatic rings. The molecule has 1 N–H and O–H groups in total. The van der Waals surface area contributed by atoms with Crippen LogP contribution in [-0.4, -0.2) is 35.1 Å². The minimum Gasteiger partial charge on any atom is -0.481 e. The average Bonchev–Trinajstić information content (AvgIpc) is 2.34. The van der Waals surface area contributed by atoms with Gasteiger partial charge in [0.1, 0.15) is 0 Å². The molecule has 0 aromatic carbocycles. The highest BCUT2D eigenvalue weighted by atomic mass is 16.4. The molecule has 0 saturated heterocycles. The summed E-state index contributed by atoms with van der Waals surface area (Å²) in [4.78, 5) is 13.5. The number of rotatable bonds is 8. The van der Waals surface area contributed by atoms with E-state index in [-0.39, 0.29) is 5.54 Å². The summed E-state index contributed by atoms with van der Waals surface area (Å²) < 4.78 is 0. The molecule has 106 valence electrons. The molecule has 1 fully saturated rings. The van der Waals surface area contributed by atoms with Gasteiger partial charge in [-0.05, 0) is 32.9 Å². The molecule has 0 spiro atoms. The summed E-state index contributed by atoms with van der Waals surface area (Å²) in [6, 6.07) is 0. The van der Waals surface area contributed by atoms with Crippen LogP contribution in [0.1, 0.15) is 71.1 Å². The van der Waals surface area contributed by atoms with E-state index >= 15 is 0 Å². The van der Waals surface area contributed by atoms with Crippen molar-refractivity contribution in [3.05, 3.63) is 0 Å². The highest BCUT2D eigenvalue weighted by Gasteiger charge is 2.37. The Hall–Kier alpha value is -0.570. The van der Waals surface area contributed by atoms with E-state index in [0.717, 1.165) is 19.4 Å². The van der Waals surface area contributed by atoms with Gasteiger partial charge in [0, 0.05) is 5.54 Å². The van der Waals surface area contributed by atoms with Crippen molar-refractivity contribution in [2.24, 2.45) is 0 Å². The Labute approximate surface area is 112 Å². The lowest BCUT2D eigenvalue weighted by Crippen LogP contribution is -2.49. The van der Waals surface area contributed by atoms with Crippen molar-refractivity contribution in [3.63, 3.8) is 0 Å². The fraction of sp³-hybridized carbons (Fsp3) is 0.933. The summed E-state index contributed by atoms with van der Waals surface area (Å²) in [6.45, 7) is 3.27. The monoisotopic (exact) mass is 255 g/mol. The second kappa shape index (κ2) is 7.78. The third-order valence-corrected chi connectivity index (χ3v) is 4.42. The molecular formula is C15H29NO2. The van der Waals surface area contributed by atoms with E-state index in [1.807, 2.05) is 0 Å². The van der Waals surface area contributed by atoms with Gasteiger partial charge in [0.2, 0.25) is 0 Å². The van der Waals surface area contributed by atoms with E-state index in [1.165, 1.54) is 44.9 Å². The largest absolute Gasteiger partial charge is 0.481 e. The third kappa shape index (κ3) is 4.60. The fourth-order valence-electron chi connectivity index (χ4n) is 3.20. The summed E-state index contributed by atoms with van der Waals surface area (Å²) >= 11 is 0. The first-order valence-electron chi connectivity index (χ1n) is 7.54. The van der Waals surface area contributed by atoms with Gasteiger partial charge in [-0.25, -0.2) is 0 Å². The summed E-state index contributed by atoms with van der Waals surface area (Å²) in [5.74, 6) is -0.641. The van der Waals surface area contributed by atoms with Crippen molar-refractivity contribution in [3.8, 4) is 0 Å². The highest BCUT2D eigenvalue weighted by molar-refractivity contribution is 5.68. The van der Waals surface area contributed by atoms with Gasteiger partial charge < -0.3 is 10.0 Å². The standard InChI is InChI=1S/C15H29NO2/c1-3-4-5-9-12-16(2)15(13-14(17)18)10-7-6-8-11-15/h3-13H2,1-2H3,(H,17,18). The topological polar surface area (TPSA) is 40.5 Å². The van der Waals surface area contributed by atoms with Gasteiger partial charge in [0.25, 0.3) is 0 Å². The zero-order valence-electron chi connectivity index (χ0n) is 12.1. The Kier molecular flexibility index (Phi) is 6.69. The molecule has 1 aliphatic rings. The predicted molar refractivity (Wildman–Crippen MR) is 74.8 cm³/mol. The van der Waals surface area contributed by atoms with Crippen molar-refractivity contribution in [2.75, 3.05) is 13.6 Å². The van der Waals surface area contributed by atoms with Crippen LogP contribution in [-0.2, 0) is 4.79 Å². The summed E-state index contributed by atoms with van der Waals surface area (Å²) in [7, 11) is 2.13. The Morgan fingerprint density at radius 2 is 1.83 bits per heavy atom. The Bertz CT molecular complexity index is 247. The maximum Gasteiger partial charge on any atom is 0.305 e. The van der Waals surface area contributed by atoms with Crippen LogP contribution in [0.15, 0.2) is 0 Å². The molecule has 0 bridgehead atoms. The van der Waals surface area contributed by atoms with Gasteiger partial charge in [0.05, 0.1) is 6.42 Å². The SMILES string of the molecule is CCCCCCN(C)C1(CC(=O)O)CCCCC1. The number of carboxylic acids is 1. The van der Waals surface area contributed by atoms with E-state index < -0.39 is 5.97 Å². The quantitative estimate of drug-likeness (QED) is 0.673. The molecule has 0 unspecified atom stereocenters.